The second-order valence-electron chi connectivity index (χ2n) is 12.7. The summed E-state index contributed by atoms with van der Waals surface area (Å²) in [6, 6.07) is 14.2. The summed E-state index contributed by atoms with van der Waals surface area (Å²) in [6.45, 7) is 4.26. The number of fused-ring (bicyclic) bond motifs is 1. The molecule has 3 heterocycles. The molecule has 284 valence electrons. The predicted molar refractivity (Wildman–Crippen MR) is 187 cm³/mol. The van der Waals surface area contributed by atoms with Crippen molar-refractivity contribution in [2.75, 3.05) is 65.2 Å². The van der Waals surface area contributed by atoms with Crippen molar-refractivity contribution in [2.45, 2.75) is 75.7 Å². The summed E-state index contributed by atoms with van der Waals surface area (Å²) in [5.41, 5.74) is 3.25. The Morgan fingerprint density at radius 3 is 2.65 bits per heavy atom. The Kier molecular flexibility index (Phi) is 15.1. The minimum atomic E-state index is -0.831. The standard InChI is InChI=1S/C35H49N7O10/c1-46-16-7-14-41-15-19-48-31-13-8-25(20-30(31)41)24-50-33-23-36-27(21-29(33)26-9-11-28(47-2)12-10-26)22-32(34-37-39-40-38-34)52-35(43)49-17-5-3-4-6-18-51-42(44)45/h8-13,20,27,29,32-33,36H,3-7,14-19,21-24H2,1-2H3,(H,37,38,39,40). The van der Waals surface area contributed by atoms with Crippen molar-refractivity contribution in [3.63, 3.8) is 0 Å². The van der Waals surface area contributed by atoms with E-state index in [4.69, 9.17) is 28.4 Å². The Morgan fingerprint density at radius 1 is 1.08 bits per heavy atom. The number of benzene rings is 2. The summed E-state index contributed by atoms with van der Waals surface area (Å²) in [6.07, 6.45) is 2.79. The van der Waals surface area contributed by atoms with Crippen LogP contribution >= 0.6 is 0 Å². The molecule has 0 amide bonds. The minimum Gasteiger partial charge on any atom is -0.497 e. The number of hydrogen-bond donors (Lipinski definition) is 2. The zero-order valence-electron chi connectivity index (χ0n) is 29.8. The van der Waals surface area contributed by atoms with Gasteiger partial charge in [0.25, 0.3) is 5.09 Å². The van der Waals surface area contributed by atoms with E-state index in [-0.39, 0.29) is 37.1 Å². The molecule has 0 saturated carbocycles. The molecule has 0 aliphatic carbocycles. The van der Waals surface area contributed by atoms with Crippen LogP contribution in [-0.4, -0.2) is 104 Å². The number of H-pyrrole nitrogens is 1. The number of piperidine rings is 1. The molecule has 1 aromatic heterocycles. The van der Waals surface area contributed by atoms with Gasteiger partial charge in [-0.15, -0.1) is 20.3 Å². The summed E-state index contributed by atoms with van der Waals surface area (Å²) < 4.78 is 34.3. The third-order valence-electron chi connectivity index (χ3n) is 9.20. The van der Waals surface area contributed by atoms with Crippen LogP contribution in [0.1, 0.15) is 73.9 Å². The molecule has 0 spiro atoms. The van der Waals surface area contributed by atoms with E-state index in [1.807, 2.05) is 18.2 Å². The molecule has 1 saturated heterocycles. The summed E-state index contributed by atoms with van der Waals surface area (Å²) in [5, 5.41) is 27.3. The number of aromatic nitrogens is 4. The van der Waals surface area contributed by atoms with Gasteiger partial charge in [0, 0.05) is 45.2 Å². The second-order valence-corrected chi connectivity index (χ2v) is 12.7. The van der Waals surface area contributed by atoms with Crippen LogP contribution in [0.25, 0.3) is 0 Å². The van der Waals surface area contributed by atoms with Crippen LogP contribution in [0.15, 0.2) is 42.5 Å². The summed E-state index contributed by atoms with van der Waals surface area (Å²) in [7, 11) is 3.36. The number of hydrogen-bond acceptors (Lipinski definition) is 15. The van der Waals surface area contributed by atoms with Crippen molar-refractivity contribution in [3.8, 4) is 11.5 Å². The van der Waals surface area contributed by atoms with Crippen LogP contribution in [0.4, 0.5) is 10.5 Å². The Balaban J connectivity index is 1.19. The summed E-state index contributed by atoms with van der Waals surface area (Å²) in [4.78, 5) is 29.6. The van der Waals surface area contributed by atoms with Crippen molar-refractivity contribution in [2.24, 2.45) is 0 Å². The fourth-order valence-corrected chi connectivity index (χ4v) is 6.54. The molecule has 0 bridgehead atoms. The SMILES string of the molecule is COCCCN1CCOc2ccc(COC3CNC(CC(OC(=O)OCCCCCCO[N+](=O)[O-])c4nn[nH]n4)CC3c3ccc(OC)cc3)cc21. The monoisotopic (exact) mass is 727 g/mol. The Bertz CT molecular complexity index is 1510. The van der Waals surface area contributed by atoms with Gasteiger partial charge in [-0.25, -0.2) is 4.79 Å². The van der Waals surface area contributed by atoms with Crippen molar-refractivity contribution in [1.29, 1.82) is 0 Å². The van der Waals surface area contributed by atoms with Crippen LogP contribution in [0, 0.1) is 10.1 Å². The molecular weight excluding hydrogens is 678 g/mol. The highest BCUT2D eigenvalue weighted by Crippen LogP contribution is 2.36. The fraction of sp³-hybridized carbons (Fsp3) is 0.600. The largest absolute Gasteiger partial charge is 0.508 e. The van der Waals surface area contributed by atoms with Gasteiger partial charge in [-0.3, -0.25) is 0 Å². The molecule has 3 aromatic rings. The average molecular weight is 728 g/mol. The Labute approximate surface area is 302 Å². The molecule has 2 aliphatic rings. The third-order valence-corrected chi connectivity index (χ3v) is 9.20. The number of unbranched alkanes of at least 4 members (excludes halogenated alkanes) is 3. The topological polar surface area (TPSA) is 195 Å². The average Bonchev–Trinajstić information content (AvgIpc) is 3.71. The van der Waals surface area contributed by atoms with Gasteiger partial charge < -0.3 is 43.5 Å². The lowest BCUT2D eigenvalue weighted by atomic mass is 9.82. The number of carbonyl (C=O) groups excluding carboxylic acids is 1. The maximum atomic E-state index is 12.7. The van der Waals surface area contributed by atoms with Crippen molar-refractivity contribution in [3.05, 3.63) is 69.5 Å². The van der Waals surface area contributed by atoms with Gasteiger partial charge in [0.05, 0.1) is 45.3 Å². The molecule has 5 rings (SSSR count). The molecule has 2 aromatic carbocycles. The maximum absolute atomic E-state index is 12.7. The number of anilines is 1. The van der Waals surface area contributed by atoms with E-state index in [0.29, 0.717) is 58.5 Å². The predicted octanol–water partition coefficient (Wildman–Crippen LogP) is 4.53. The molecule has 4 unspecified atom stereocenters. The number of nitrogens with one attached hydrogen (secondary N) is 2. The van der Waals surface area contributed by atoms with Gasteiger partial charge in [-0.05, 0) is 67.5 Å². The number of tetrazole rings is 1. The summed E-state index contributed by atoms with van der Waals surface area (Å²) in [5.74, 6) is 1.92. The van der Waals surface area contributed by atoms with E-state index in [9.17, 15) is 14.9 Å². The van der Waals surface area contributed by atoms with E-state index in [1.165, 1.54) is 0 Å². The van der Waals surface area contributed by atoms with E-state index in [1.54, 1.807) is 14.2 Å². The number of aromatic amines is 1. The molecule has 1 fully saturated rings. The zero-order valence-corrected chi connectivity index (χ0v) is 29.8. The first-order valence-electron chi connectivity index (χ1n) is 17.8. The normalized spacial score (nSPS) is 18.9. The highest BCUT2D eigenvalue weighted by Gasteiger charge is 2.35. The van der Waals surface area contributed by atoms with Gasteiger partial charge >= 0.3 is 6.16 Å². The number of carbonyl (C=O) groups is 1. The number of nitrogens with zero attached hydrogens (tertiary/aromatic N) is 5. The van der Waals surface area contributed by atoms with E-state index < -0.39 is 17.3 Å². The second kappa shape index (κ2) is 20.3. The molecule has 17 nitrogen and oxygen atoms in total. The van der Waals surface area contributed by atoms with Crippen LogP contribution in [-0.2, 0) is 30.4 Å². The van der Waals surface area contributed by atoms with Gasteiger partial charge in [0.2, 0.25) is 5.82 Å². The first-order chi connectivity index (χ1) is 25.4. The van der Waals surface area contributed by atoms with E-state index >= 15 is 0 Å². The lowest BCUT2D eigenvalue weighted by Crippen LogP contribution is -2.47. The van der Waals surface area contributed by atoms with Crippen LogP contribution in [0.5, 0.6) is 11.5 Å². The lowest BCUT2D eigenvalue weighted by molar-refractivity contribution is -0.757. The van der Waals surface area contributed by atoms with Crippen molar-refractivity contribution in [1.82, 2.24) is 25.9 Å². The smallest absolute Gasteiger partial charge is 0.497 e. The quantitative estimate of drug-likeness (QED) is 0.0672. The van der Waals surface area contributed by atoms with E-state index in [0.717, 1.165) is 54.2 Å². The maximum Gasteiger partial charge on any atom is 0.508 e. The Morgan fingerprint density at radius 2 is 1.90 bits per heavy atom. The van der Waals surface area contributed by atoms with E-state index in [2.05, 4.69) is 59.9 Å². The van der Waals surface area contributed by atoms with Crippen LogP contribution in [0.3, 0.4) is 0 Å². The lowest BCUT2D eigenvalue weighted by Gasteiger charge is -2.38. The van der Waals surface area contributed by atoms with Gasteiger partial charge in [-0.2, -0.15) is 5.21 Å². The molecular formula is C35H49N7O10. The first-order valence-corrected chi connectivity index (χ1v) is 17.8. The highest BCUT2D eigenvalue weighted by molar-refractivity contribution is 5.61. The molecule has 2 aliphatic heterocycles. The first kappa shape index (κ1) is 38.5. The highest BCUT2D eigenvalue weighted by atomic mass is 16.9. The minimum absolute atomic E-state index is 0.0253. The van der Waals surface area contributed by atoms with Crippen molar-refractivity contribution < 1.29 is 43.1 Å². The van der Waals surface area contributed by atoms with Crippen LogP contribution < -0.4 is 19.7 Å². The molecule has 4 atom stereocenters. The zero-order chi connectivity index (χ0) is 36.5. The van der Waals surface area contributed by atoms with Gasteiger partial charge in [-0.1, -0.05) is 29.8 Å². The van der Waals surface area contributed by atoms with Gasteiger partial charge in [0.15, 0.2) is 6.10 Å². The number of methoxy groups -OCH3 is 2. The number of rotatable bonds is 21. The molecule has 2 N–H and O–H groups in total. The third kappa shape index (κ3) is 11.6. The molecule has 0 radical (unpaired) electrons. The summed E-state index contributed by atoms with van der Waals surface area (Å²) >= 11 is 0. The Hall–Kier alpha value is -4.74. The molecule has 52 heavy (non-hydrogen) atoms. The number of ether oxygens (including phenoxy) is 6. The molecule has 17 heteroatoms. The van der Waals surface area contributed by atoms with Crippen LogP contribution in [0.2, 0.25) is 0 Å². The fourth-order valence-electron chi connectivity index (χ4n) is 6.54. The van der Waals surface area contributed by atoms with Crippen molar-refractivity contribution >= 4 is 11.8 Å². The van der Waals surface area contributed by atoms with Gasteiger partial charge in [0.1, 0.15) is 18.1 Å².